The molecule has 2 rings (SSSR count). The molecule has 1 aromatic heterocycles. The minimum Gasteiger partial charge on any atom is -0.355 e. The minimum atomic E-state index is -0.0933. The standard InChI is InChI=1S/C11H13N5O/c1-2-12-10(17)7-13-11-14-8-5-3-4-6-9(8)15-16-11/h3-6H,2,7H2,1H3,(H,12,17)(H,13,14,16). The van der Waals surface area contributed by atoms with Crippen LogP contribution in [-0.4, -0.2) is 34.2 Å². The number of benzene rings is 1. The fraction of sp³-hybridized carbons (Fsp3) is 0.273. The van der Waals surface area contributed by atoms with E-state index in [-0.39, 0.29) is 12.5 Å². The molecule has 1 aromatic carbocycles. The van der Waals surface area contributed by atoms with Crippen LogP contribution < -0.4 is 10.6 Å². The van der Waals surface area contributed by atoms with E-state index in [1.807, 2.05) is 31.2 Å². The molecule has 6 heteroatoms. The van der Waals surface area contributed by atoms with E-state index in [1.54, 1.807) is 0 Å². The number of anilines is 1. The van der Waals surface area contributed by atoms with Crippen molar-refractivity contribution in [1.29, 1.82) is 0 Å². The third-order valence-electron chi connectivity index (χ3n) is 2.14. The summed E-state index contributed by atoms with van der Waals surface area (Å²) in [7, 11) is 0. The second-order valence-electron chi connectivity index (χ2n) is 3.43. The van der Waals surface area contributed by atoms with Gasteiger partial charge in [0.25, 0.3) is 0 Å². The van der Waals surface area contributed by atoms with Gasteiger partial charge in [-0.3, -0.25) is 4.79 Å². The van der Waals surface area contributed by atoms with Crippen LogP contribution in [0.5, 0.6) is 0 Å². The Morgan fingerprint density at radius 2 is 2.00 bits per heavy atom. The van der Waals surface area contributed by atoms with Crippen molar-refractivity contribution in [2.45, 2.75) is 6.92 Å². The van der Waals surface area contributed by atoms with Crippen LogP contribution in [0.25, 0.3) is 11.0 Å². The lowest BCUT2D eigenvalue weighted by Gasteiger charge is -2.04. The second-order valence-corrected chi connectivity index (χ2v) is 3.43. The molecule has 0 atom stereocenters. The Morgan fingerprint density at radius 3 is 2.76 bits per heavy atom. The highest BCUT2D eigenvalue weighted by Crippen LogP contribution is 2.08. The van der Waals surface area contributed by atoms with Crippen LogP contribution in [0, 0.1) is 0 Å². The maximum atomic E-state index is 11.2. The molecule has 17 heavy (non-hydrogen) atoms. The summed E-state index contributed by atoms with van der Waals surface area (Å²) in [5.41, 5.74) is 1.48. The summed E-state index contributed by atoms with van der Waals surface area (Å²) in [4.78, 5) is 15.5. The van der Waals surface area contributed by atoms with Gasteiger partial charge >= 0.3 is 0 Å². The smallest absolute Gasteiger partial charge is 0.243 e. The van der Waals surface area contributed by atoms with Gasteiger partial charge < -0.3 is 10.6 Å². The quantitative estimate of drug-likeness (QED) is 0.804. The molecule has 0 aliphatic heterocycles. The van der Waals surface area contributed by atoms with Gasteiger partial charge in [-0.05, 0) is 19.1 Å². The normalized spacial score (nSPS) is 10.2. The summed E-state index contributed by atoms with van der Waals surface area (Å²) in [5.74, 6) is 0.263. The maximum Gasteiger partial charge on any atom is 0.243 e. The number of aromatic nitrogens is 3. The lowest BCUT2D eigenvalue weighted by atomic mass is 10.3. The Balaban J connectivity index is 2.06. The molecule has 0 saturated heterocycles. The van der Waals surface area contributed by atoms with Crippen molar-refractivity contribution >= 4 is 22.9 Å². The molecule has 2 aromatic rings. The Kier molecular flexibility index (Phi) is 3.44. The molecule has 0 bridgehead atoms. The van der Waals surface area contributed by atoms with E-state index in [0.717, 1.165) is 11.0 Å². The fourth-order valence-corrected chi connectivity index (χ4v) is 1.37. The number of carbonyl (C=O) groups excluding carboxylic acids is 1. The number of carbonyl (C=O) groups is 1. The van der Waals surface area contributed by atoms with Gasteiger partial charge in [0.15, 0.2) is 0 Å². The number of rotatable bonds is 4. The van der Waals surface area contributed by atoms with E-state index in [2.05, 4.69) is 25.8 Å². The van der Waals surface area contributed by atoms with Crippen molar-refractivity contribution in [2.24, 2.45) is 0 Å². The van der Waals surface area contributed by atoms with Gasteiger partial charge in [0, 0.05) is 6.54 Å². The lowest BCUT2D eigenvalue weighted by Crippen LogP contribution is -2.29. The highest BCUT2D eigenvalue weighted by molar-refractivity contribution is 5.80. The largest absolute Gasteiger partial charge is 0.355 e. The average molecular weight is 231 g/mol. The van der Waals surface area contributed by atoms with Crippen LogP contribution in [0.2, 0.25) is 0 Å². The Morgan fingerprint density at radius 1 is 1.24 bits per heavy atom. The molecular weight excluding hydrogens is 218 g/mol. The predicted molar refractivity (Wildman–Crippen MR) is 64.5 cm³/mol. The summed E-state index contributed by atoms with van der Waals surface area (Å²) < 4.78 is 0. The molecule has 0 spiro atoms. The number of hydrogen-bond donors (Lipinski definition) is 2. The highest BCUT2D eigenvalue weighted by atomic mass is 16.1. The molecule has 0 radical (unpaired) electrons. The van der Waals surface area contributed by atoms with E-state index in [0.29, 0.717) is 12.5 Å². The number of fused-ring (bicyclic) bond motifs is 1. The van der Waals surface area contributed by atoms with Crippen LogP contribution in [0.1, 0.15) is 6.92 Å². The molecule has 88 valence electrons. The van der Waals surface area contributed by atoms with Gasteiger partial charge in [0.1, 0.15) is 5.52 Å². The third kappa shape index (κ3) is 2.87. The van der Waals surface area contributed by atoms with Gasteiger partial charge in [-0.15, -0.1) is 10.2 Å². The average Bonchev–Trinajstić information content (AvgIpc) is 2.36. The summed E-state index contributed by atoms with van der Waals surface area (Å²) in [6.45, 7) is 2.62. The Labute approximate surface area is 98.5 Å². The van der Waals surface area contributed by atoms with E-state index in [1.165, 1.54) is 0 Å². The molecule has 0 aliphatic carbocycles. The zero-order chi connectivity index (χ0) is 12.1. The molecular formula is C11H13N5O. The van der Waals surface area contributed by atoms with E-state index in [4.69, 9.17) is 0 Å². The van der Waals surface area contributed by atoms with Crippen molar-refractivity contribution < 1.29 is 4.79 Å². The first-order valence-corrected chi connectivity index (χ1v) is 5.39. The van der Waals surface area contributed by atoms with Gasteiger partial charge in [-0.25, -0.2) is 4.98 Å². The molecule has 0 unspecified atom stereocenters. The van der Waals surface area contributed by atoms with Crippen LogP contribution in [-0.2, 0) is 4.79 Å². The Bertz CT molecular complexity index is 528. The topological polar surface area (TPSA) is 79.8 Å². The fourth-order valence-electron chi connectivity index (χ4n) is 1.37. The van der Waals surface area contributed by atoms with Crippen molar-refractivity contribution in [3.63, 3.8) is 0 Å². The summed E-state index contributed by atoms with van der Waals surface area (Å²) >= 11 is 0. The second kappa shape index (κ2) is 5.20. The van der Waals surface area contributed by atoms with Crippen molar-refractivity contribution in [3.05, 3.63) is 24.3 Å². The monoisotopic (exact) mass is 231 g/mol. The molecule has 6 nitrogen and oxygen atoms in total. The minimum absolute atomic E-state index is 0.0933. The van der Waals surface area contributed by atoms with Gasteiger partial charge in [0.05, 0.1) is 12.1 Å². The lowest BCUT2D eigenvalue weighted by molar-refractivity contribution is -0.119. The van der Waals surface area contributed by atoms with E-state index in [9.17, 15) is 4.79 Å². The van der Waals surface area contributed by atoms with Crippen molar-refractivity contribution in [2.75, 3.05) is 18.4 Å². The molecule has 2 N–H and O–H groups in total. The highest BCUT2D eigenvalue weighted by Gasteiger charge is 2.03. The van der Waals surface area contributed by atoms with Crippen LogP contribution in [0.3, 0.4) is 0 Å². The van der Waals surface area contributed by atoms with Crippen molar-refractivity contribution in [3.8, 4) is 0 Å². The first kappa shape index (κ1) is 11.3. The molecule has 0 fully saturated rings. The Hall–Kier alpha value is -2.24. The van der Waals surface area contributed by atoms with Crippen LogP contribution >= 0.6 is 0 Å². The molecule has 0 saturated carbocycles. The van der Waals surface area contributed by atoms with E-state index >= 15 is 0 Å². The SMILES string of the molecule is CCNC(=O)CNc1nnc2ccccc2n1. The zero-order valence-corrected chi connectivity index (χ0v) is 9.47. The first-order valence-electron chi connectivity index (χ1n) is 5.39. The zero-order valence-electron chi connectivity index (χ0n) is 9.47. The number of nitrogens with zero attached hydrogens (tertiary/aromatic N) is 3. The number of hydrogen-bond acceptors (Lipinski definition) is 5. The van der Waals surface area contributed by atoms with Gasteiger partial charge in [-0.2, -0.15) is 0 Å². The summed E-state index contributed by atoms with van der Waals surface area (Å²) in [5, 5.41) is 13.4. The van der Waals surface area contributed by atoms with Crippen LogP contribution in [0.4, 0.5) is 5.95 Å². The molecule has 1 heterocycles. The molecule has 0 aliphatic rings. The number of likely N-dealkylation sites (N-methyl/N-ethyl adjacent to an activating group) is 1. The summed E-state index contributed by atoms with van der Waals surface area (Å²) in [6.07, 6.45) is 0. The number of amides is 1. The predicted octanol–water partition coefficient (Wildman–Crippen LogP) is 0.573. The maximum absolute atomic E-state index is 11.2. The van der Waals surface area contributed by atoms with E-state index < -0.39 is 0 Å². The number of nitrogens with one attached hydrogen (secondary N) is 2. The van der Waals surface area contributed by atoms with Gasteiger partial charge in [-0.1, -0.05) is 12.1 Å². The van der Waals surface area contributed by atoms with Crippen molar-refractivity contribution in [1.82, 2.24) is 20.5 Å². The summed E-state index contributed by atoms with van der Waals surface area (Å²) in [6, 6.07) is 7.44. The van der Waals surface area contributed by atoms with Crippen LogP contribution in [0.15, 0.2) is 24.3 Å². The van der Waals surface area contributed by atoms with Gasteiger partial charge in [0.2, 0.25) is 11.9 Å². The molecule has 1 amide bonds. The third-order valence-corrected chi connectivity index (χ3v) is 2.14. The number of para-hydroxylation sites is 1. The first-order chi connectivity index (χ1) is 8.29.